The Morgan fingerprint density at radius 2 is 1.68 bits per heavy atom. The van der Waals surface area contributed by atoms with Gasteiger partial charge in [-0.25, -0.2) is 22.3 Å². The van der Waals surface area contributed by atoms with E-state index in [1.165, 1.54) is 7.11 Å². The number of sulfonamides is 1. The summed E-state index contributed by atoms with van der Waals surface area (Å²) >= 11 is 0. The van der Waals surface area contributed by atoms with Crippen LogP contribution in [-0.4, -0.2) is 34.0 Å². The van der Waals surface area contributed by atoms with Crippen LogP contribution in [0.25, 0.3) is 0 Å². The van der Waals surface area contributed by atoms with Gasteiger partial charge in [-0.15, -0.1) is 0 Å². The van der Waals surface area contributed by atoms with Gasteiger partial charge in [0.2, 0.25) is 10.0 Å². The van der Waals surface area contributed by atoms with E-state index in [1.54, 1.807) is 24.3 Å². The fourth-order valence-corrected chi connectivity index (χ4v) is 3.30. The maximum atomic E-state index is 12.8. The molecule has 0 fully saturated rings. The van der Waals surface area contributed by atoms with E-state index in [0.717, 1.165) is 24.3 Å². The van der Waals surface area contributed by atoms with Crippen molar-refractivity contribution in [1.29, 1.82) is 0 Å². The Hall–Kier alpha value is -2.78. The highest BCUT2D eigenvalue weighted by Crippen LogP contribution is 2.10. The number of halogens is 1. The zero-order valence-electron chi connectivity index (χ0n) is 15.2. The first kappa shape index (κ1) is 21.5. The number of carbonyl (C=O) groups excluding carboxylic acids is 2. The van der Waals surface area contributed by atoms with Gasteiger partial charge >= 0.3 is 11.9 Å². The molecule has 2 rings (SSSR count). The molecule has 0 atom stereocenters. The van der Waals surface area contributed by atoms with Crippen LogP contribution in [0.3, 0.4) is 0 Å². The second-order valence-corrected chi connectivity index (χ2v) is 7.57. The molecule has 2 aromatic carbocycles. The van der Waals surface area contributed by atoms with Crippen molar-refractivity contribution in [2.45, 2.75) is 24.3 Å². The molecule has 7 nitrogen and oxygen atoms in total. The minimum absolute atomic E-state index is 0.0339. The summed E-state index contributed by atoms with van der Waals surface area (Å²) in [6.07, 6.45) is 0.284. The molecule has 0 aliphatic heterocycles. The lowest BCUT2D eigenvalue weighted by atomic mass is 10.1. The Morgan fingerprint density at radius 3 is 2.29 bits per heavy atom. The highest BCUT2D eigenvalue weighted by molar-refractivity contribution is 7.89. The van der Waals surface area contributed by atoms with E-state index in [0.29, 0.717) is 11.1 Å². The molecular formula is C19H20FNO6S. The molecule has 0 aromatic heterocycles. The lowest BCUT2D eigenvalue weighted by molar-refractivity contribution is -0.145. The average molecular weight is 409 g/mol. The predicted octanol–water partition coefficient (Wildman–Crippen LogP) is 2.41. The highest BCUT2D eigenvalue weighted by Gasteiger charge is 2.13. The number of methoxy groups -OCH3 is 1. The largest absolute Gasteiger partial charge is 0.465 e. The molecule has 0 spiro atoms. The van der Waals surface area contributed by atoms with Crippen LogP contribution < -0.4 is 4.72 Å². The van der Waals surface area contributed by atoms with Gasteiger partial charge in [0, 0.05) is 13.0 Å². The lowest BCUT2D eigenvalue weighted by Crippen LogP contribution is -2.25. The number of nitrogens with one attached hydrogen (secondary N) is 1. The molecule has 1 N–H and O–H groups in total. The van der Waals surface area contributed by atoms with E-state index in [2.05, 4.69) is 9.46 Å². The van der Waals surface area contributed by atoms with Gasteiger partial charge in [-0.1, -0.05) is 12.1 Å². The molecule has 0 heterocycles. The fourth-order valence-electron chi connectivity index (χ4n) is 2.23. The number of benzene rings is 2. The summed E-state index contributed by atoms with van der Waals surface area (Å²) in [6, 6.07) is 10.9. The Kier molecular flexibility index (Phi) is 7.65. The van der Waals surface area contributed by atoms with Crippen LogP contribution in [0, 0.1) is 5.82 Å². The van der Waals surface area contributed by atoms with Gasteiger partial charge in [-0.05, 0) is 48.4 Å². The van der Waals surface area contributed by atoms with Crippen molar-refractivity contribution in [1.82, 2.24) is 4.72 Å². The highest BCUT2D eigenvalue weighted by atomic mass is 32.2. The number of hydrogen-bond acceptors (Lipinski definition) is 6. The molecule has 0 radical (unpaired) electrons. The van der Waals surface area contributed by atoms with Crippen molar-refractivity contribution in [2.75, 3.05) is 13.7 Å². The maximum Gasteiger partial charge on any atom is 0.337 e. The topological polar surface area (TPSA) is 98.8 Å². The van der Waals surface area contributed by atoms with Gasteiger partial charge in [0.1, 0.15) is 12.4 Å². The fraction of sp³-hybridized carbons (Fsp3) is 0.263. The number of ether oxygens (including phenoxy) is 2. The smallest absolute Gasteiger partial charge is 0.337 e. The molecule has 28 heavy (non-hydrogen) atoms. The van der Waals surface area contributed by atoms with Crippen LogP contribution in [0.1, 0.15) is 28.8 Å². The molecule has 0 unspecified atom stereocenters. The van der Waals surface area contributed by atoms with Gasteiger partial charge in [0.25, 0.3) is 0 Å². The molecule has 9 heteroatoms. The van der Waals surface area contributed by atoms with Crippen molar-refractivity contribution < 1.29 is 31.9 Å². The third-order valence-corrected chi connectivity index (χ3v) is 5.23. The van der Waals surface area contributed by atoms with Crippen molar-refractivity contribution in [3.8, 4) is 0 Å². The normalized spacial score (nSPS) is 11.1. The average Bonchev–Trinajstić information content (AvgIpc) is 2.70. The van der Waals surface area contributed by atoms with Crippen LogP contribution in [0.4, 0.5) is 4.39 Å². The molecule has 2 aromatic rings. The Labute approximate surface area is 162 Å². The van der Waals surface area contributed by atoms with Gasteiger partial charge < -0.3 is 9.47 Å². The molecule has 0 aliphatic carbocycles. The summed E-state index contributed by atoms with van der Waals surface area (Å²) in [5, 5.41) is 0. The number of hydrogen-bond donors (Lipinski definition) is 1. The maximum absolute atomic E-state index is 12.8. The van der Waals surface area contributed by atoms with Crippen LogP contribution in [-0.2, 0) is 30.9 Å². The SMILES string of the molecule is COC(=O)c1ccc(COC(=O)CCCNS(=O)(=O)c2ccc(F)cc2)cc1. The third kappa shape index (κ3) is 6.43. The molecule has 0 saturated carbocycles. The minimum Gasteiger partial charge on any atom is -0.465 e. The first-order valence-electron chi connectivity index (χ1n) is 8.40. The summed E-state index contributed by atoms with van der Waals surface area (Å²) in [5.41, 5.74) is 1.10. The summed E-state index contributed by atoms with van der Waals surface area (Å²) < 4.78 is 48.9. The summed E-state index contributed by atoms with van der Waals surface area (Å²) in [5.74, 6) is -1.45. The van der Waals surface area contributed by atoms with Gasteiger partial charge in [0.05, 0.1) is 17.6 Å². The second-order valence-electron chi connectivity index (χ2n) is 5.80. The van der Waals surface area contributed by atoms with E-state index in [-0.39, 0.29) is 30.9 Å². The van der Waals surface area contributed by atoms with Crippen molar-refractivity contribution >= 4 is 22.0 Å². The monoisotopic (exact) mass is 409 g/mol. The zero-order chi connectivity index (χ0) is 20.6. The Bertz CT molecular complexity index is 910. The van der Waals surface area contributed by atoms with Crippen LogP contribution in [0.15, 0.2) is 53.4 Å². The van der Waals surface area contributed by atoms with Crippen LogP contribution >= 0.6 is 0 Å². The van der Waals surface area contributed by atoms with Crippen LogP contribution in [0.5, 0.6) is 0 Å². The van der Waals surface area contributed by atoms with E-state index < -0.39 is 27.8 Å². The van der Waals surface area contributed by atoms with E-state index in [1.807, 2.05) is 0 Å². The molecule has 0 saturated heterocycles. The summed E-state index contributed by atoms with van der Waals surface area (Å²) in [7, 11) is -2.46. The minimum atomic E-state index is -3.75. The molecule has 0 bridgehead atoms. The van der Waals surface area contributed by atoms with E-state index >= 15 is 0 Å². The zero-order valence-corrected chi connectivity index (χ0v) is 16.0. The molecular weight excluding hydrogens is 389 g/mol. The summed E-state index contributed by atoms with van der Waals surface area (Å²) in [6.45, 7) is 0.0875. The van der Waals surface area contributed by atoms with Crippen molar-refractivity contribution in [2.24, 2.45) is 0 Å². The molecule has 150 valence electrons. The van der Waals surface area contributed by atoms with E-state index in [9.17, 15) is 22.4 Å². The standard InChI is InChI=1S/C19H20FNO6S/c1-26-19(23)15-6-4-14(5-7-15)13-27-18(22)3-2-12-21-28(24,25)17-10-8-16(20)9-11-17/h4-11,21H,2-3,12-13H2,1H3. The lowest BCUT2D eigenvalue weighted by Gasteiger charge is -2.08. The number of rotatable bonds is 9. The Balaban J connectivity index is 1.71. The van der Waals surface area contributed by atoms with Crippen molar-refractivity contribution in [3.05, 3.63) is 65.5 Å². The van der Waals surface area contributed by atoms with Gasteiger partial charge in [-0.3, -0.25) is 4.79 Å². The number of carbonyl (C=O) groups is 2. The Morgan fingerprint density at radius 1 is 1.04 bits per heavy atom. The van der Waals surface area contributed by atoms with Gasteiger partial charge in [0.15, 0.2) is 0 Å². The first-order chi connectivity index (χ1) is 13.3. The molecule has 0 aliphatic rings. The second kappa shape index (κ2) is 9.95. The quantitative estimate of drug-likeness (QED) is 0.504. The number of esters is 2. The predicted molar refractivity (Wildman–Crippen MR) is 98.4 cm³/mol. The van der Waals surface area contributed by atoms with Crippen molar-refractivity contribution in [3.63, 3.8) is 0 Å². The third-order valence-electron chi connectivity index (χ3n) is 3.75. The first-order valence-corrected chi connectivity index (χ1v) is 9.88. The van der Waals surface area contributed by atoms with E-state index in [4.69, 9.17) is 4.74 Å². The summed E-state index contributed by atoms with van der Waals surface area (Å²) in [4.78, 5) is 23.0. The van der Waals surface area contributed by atoms with Gasteiger partial charge in [-0.2, -0.15) is 0 Å². The van der Waals surface area contributed by atoms with Crippen LogP contribution in [0.2, 0.25) is 0 Å². The molecule has 0 amide bonds.